The van der Waals surface area contributed by atoms with Crippen LogP contribution < -0.4 is 0 Å². The number of nitrogens with zero attached hydrogens (tertiary/aromatic N) is 1. The summed E-state index contributed by atoms with van der Waals surface area (Å²) in [6.07, 6.45) is 2.34. The van der Waals surface area contributed by atoms with Crippen LogP contribution in [0.1, 0.15) is 34.1 Å². The number of likely N-dealkylation sites (tertiary alicyclic amines) is 1. The molecule has 1 amide bonds. The van der Waals surface area contributed by atoms with Crippen LogP contribution in [0.25, 0.3) is 0 Å². The normalized spacial score (nSPS) is 28.2. The fraction of sp³-hybridized carbons (Fsp3) is 0.917. The van der Waals surface area contributed by atoms with Gasteiger partial charge >= 0.3 is 0 Å². The van der Waals surface area contributed by atoms with Crippen molar-refractivity contribution in [1.82, 2.24) is 4.90 Å². The van der Waals surface area contributed by atoms with Gasteiger partial charge < -0.3 is 10.0 Å². The maximum absolute atomic E-state index is 12.3. The van der Waals surface area contributed by atoms with Gasteiger partial charge in [-0.3, -0.25) is 4.79 Å². The molecule has 0 radical (unpaired) electrons. The van der Waals surface area contributed by atoms with E-state index >= 15 is 0 Å². The molecule has 1 aliphatic rings. The molecule has 1 rings (SSSR count). The summed E-state index contributed by atoms with van der Waals surface area (Å²) in [6.45, 7) is 8.71. The first kappa shape index (κ1) is 13.8. The molecule has 1 N–H and O–H groups in total. The molecule has 16 heavy (non-hydrogen) atoms. The molecule has 0 aromatic heterocycles. The first-order valence-electron chi connectivity index (χ1n) is 5.78. The van der Waals surface area contributed by atoms with Crippen LogP contribution in [0.3, 0.4) is 0 Å². The highest BCUT2D eigenvalue weighted by Crippen LogP contribution is 2.32. The SMILES string of the molecule is CSC1C[C@@H](O)CN1C(=O)C(C)C(C)(C)C. The van der Waals surface area contributed by atoms with Gasteiger partial charge in [-0.25, -0.2) is 0 Å². The maximum atomic E-state index is 12.3. The average Bonchev–Trinajstić information content (AvgIpc) is 2.55. The second kappa shape index (κ2) is 4.96. The monoisotopic (exact) mass is 245 g/mol. The van der Waals surface area contributed by atoms with E-state index in [2.05, 4.69) is 20.8 Å². The van der Waals surface area contributed by atoms with E-state index in [0.717, 1.165) is 0 Å². The van der Waals surface area contributed by atoms with Gasteiger partial charge in [0.15, 0.2) is 0 Å². The smallest absolute Gasteiger partial charge is 0.226 e. The van der Waals surface area contributed by atoms with E-state index in [-0.39, 0.29) is 28.7 Å². The number of carbonyl (C=O) groups is 1. The van der Waals surface area contributed by atoms with Crippen molar-refractivity contribution in [2.45, 2.75) is 45.6 Å². The lowest BCUT2D eigenvalue weighted by Gasteiger charge is -2.32. The van der Waals surface area contributed by atoms with Crippen LogP contribution in [-0.4, -0.2) is 40.2 Å². The molecule has 0 aromatic rings. The van der Waals surface area contributed by atoms with Gasteiger partial charge in [0, 0.05) is 18.9 Å². The number of aliphatic hydroxyl groups excluding tert-OH is 1. The number of carbonyl (C=O) groups excluding carboxylic acids is 1. The predicted molar refractivity (Wildman–Crippen MR) is 68.3 cm³/mol. The Balaban J connectivity index is 2.74. The summed E-state index contributed by atoms with van der Waals surface area (Å²) in [7, 11) is 0. The van der Waals surface area contributed by atoms with E-state index in [1.54, 1.807) is 11.8 Å². The van der Waals surface area contributed by atoms with Crippen LogP contribution in [0.5, 0.6) is 0 Å². The molecule has 94 valence electrons. The molecule has 2 unspecified atom stereocenters. The number of hydrogen-bond acceptors (Lipinski definition) is 3. The van der Waals surface area contributed by atoms with Crippen molar-refractivity contribution in [3.8, 4) is 0 Å². The topological polar surface area (TPSA) is 40.5 Å². The minimum absolute atomic E-state index is 0.00699. The molecule has 3 nitrogen and oxygen atoms in total. The zero-order valence-electron chi connectivity index (χ0n) is 10.9. The molecule has 1 saturated heterocycles. The number of hydrogen-bond donors (Lipinski definition) is 1. The predicted octanol–water partition coefficient (Wildman–Crippen LogP) is 1.95. The number of β-amino-alcohol motifs (C(OH)–C–C–N with tert-alkyl or cyclic N) is 1. The fourth-order valence-corrected chi connectivity index (χ4v) is 2.71. The lowest BCUT2D eigenvalue weighted by molar-refractivity contribution is -0.138. The van der Waals surface area contributed by atoms with Crippen LogP contribution in [0.4, 0.5) is 0 Å². The van der Waals surface area contributed by atoms with Gasteiger partial charge in [0.1, 0.15) is 0 Å². The Morgan fingerprint density at radius 2 is 2.06 bits per heavy atom. The third-order valence-electron chi connectivity index (χ3n) is 3.45. The minimum Gasteiger partial charge on any atom is -0.391 e. The van der Waals surface area contributed by atoms with E-state index in [4.69, 9.17) is 0 Å². The van der Waals surface area contributed by atoms with Crippen molar-refractivity contribution in [3.63, 3.8) is 0 Å². The van der Waals surface area contributed by atoms with E-state index in [9.17, 15) is 9.90 Å². The zero-order valence-corrected chi connectivity index (χ0v) is 11.7. The maximum Gasteiger partial charge on any atom is 0.226 e. The Kier molecular flexibility index (Phi) is 4.29. The lowest BCUT2D eigenvalue weighted by atomic mass is 9.81. The molecule has 4 heteroatoms. The van der Waals surface area contributed by atoms with Gasteiger partial charge in [-0.2, -0.15) is 0 Å². The van der Waals surface area contributed by atoms with Gasteiger partial charge in [0.05, 0.1) is 11.5 Å². The second-order valence-electron chi connectivity index (χ2n) is 5.66. The van der Waals surface area contributed by atoms with Crippen molar-refractivity contribution in [2.75, 3.05) is 12.8 Å². The third-order valence-corrected chi connectivity index (χ3v) is 4.44. The van der Waals surface area contributed by atoms with E-state index < -0.39 is 0 Å². The van der Waals surface area contributed by atoms with Crippen LogP contribution in [0.2, 0.25) is 0 Å². The molecular weight excluding hydrogens is 222 g/mol. The first-order chi connectivity index (χ1) is 7.27. The van der Waals surface area contributed by atoms with Crippen LogP contribution in [-0.2, 0) is 4.79 Å². The number of rotatable bonds is 2. The number of aliphatic hydroxyl groups is 1. The Hall–Kier alpha value is -0.220. The summed E-state index contributed by atoms with van der Waals surface area (Å²) >= 11 is 1.65. The minimum atomic E-state index is -0.353. The first-order valence-corrected chi connectivity index (χ1v) is 7.07. The Bertz CT molecular complexity index is 262. The highest BCUT2D eigenvalue weighted by Gasteiger charge is 2.38. The number of thioether (sulfide) groups is 1. The summed E-state index contributed by atoms with van der Waals surface area (Å²) in [5, 5.41) is 9.77. The third kappa shape index (κ3) is 2.92. The molecule has 0 saturated carbocycles. The zero-order chi connectivity index (χ0) is 12.5. The van der Waals surface area contributed by atoms with Gasteiger partial charge in [-0.05, 0) is 11.7 Å². The van der Waals surface area contributed by atoms with Gasteiger partial charge in [0.25, 0.3) is 0 Å². The van der Waals surface area contributed by atoms with Crippen molar-refractivity contribution >= 4 is 17.7 Å². The van der Waals surface area contributed by atoms with E-state index in [1.165, 1.54) is 0 Å². The van der Waals surface area contributed by atoms with Crippen LogP contribution in [0, 0.1) is 11.3 Å². The van der Waals surface area contributed by atoms with Crippen molar-refractivity contribution in [2.24, 2.45) is 11.3 Å². The van der Waals surface area contributed by atoms with E-state index in [0.29, 0.717) is 13.0 Å². The summed E-state index contributed by atoms with van der Waals surface area (Å²) in [4.78, 5) is 14.1. The largest absolute Gasteiger partial charge is 0.391 e. The molecule has 1 aliphatic heterocycles. The number of amides is 1. The molecule has 1 fully saturated rings. The molecule has 1 heterocycles. The van der Waals surface area contributed by atoms with Crippen molar-refractivity contribution in [1.29, 1.82) is 0 Å². The fourth-order valence-electron chi connectivity index (χ4n) is 1.85. The van der Waals surface area contributed by atoms with Crippen molar-refractivity contribution in [3.05, 3.63) is 0 Å². The van der Waals surface area contributed by atoms with Gasteiger partial charge in [0.2, 0.25) is 5.91 Å². The molecule has 0 aliphatic carbocycles. The van der Waals surface area contributed by atoms with Crippen molar-refractivity contribution < 1.29 is 9.90 Å². The Morgan fingerprint density at radius 3 is 2.50 bits per heavy atom. The summed E-state index contributed by atoms with van der Waals surface area (Å²) < 4.78 is 0. The quantitative estimate of drug-likeness (QED) is 0.808. The van der Waals surface area contributed by atoms with E-state index in [1.807, 2.05) is 18.1 Å². The van der Waals surface area contributed by atoms with Crippen LogP contribution >= 0.6 is 11.8 Å². The highest BCUT2D eigenvalue weighted by atomic mass is 32.2. The average molecular weight is 245 g/mol. The molecule has 3 atom stereocenters. The van der Waals surface area contributed by atoms with Gasteiger partial charge in [-0.1, -0.05) is 27.7 Å². The lowest BCUT2D eigenvalue weighted by Crippen LogP contribution is -2.42. The highest BCUT2D eigenvalue weighted by molar-refractivity contribution is 7.99. The molecule has 0 aromatic carbocycles. The van der Waals surface area contributed by atoms with Crippen LogP contribution in [0.15, 0.2) is 0 Å². The Morgan fingerprint density at radius 1 is 1.50 bits per heavy atom. The molecule has 0 spiro atoms. The molecular formula is C12H23NO2S. The standard InChI is InChI=1S/C12H23NO2S/c1-8(12(2,3)4)11(15)13-7-9(14)6-10(13)16-5/h8-10,14H,6-7H2,1-5H3/t8?,9-,10?/m1/s1. The molecule has 0 bridgehead atoms. The second-order valence-corrected chi connectivity index (χ2v) is 6.67. The summed E-state index contributed by atoms with van der Waals surface area (Å²) in [5.41, 5.74) is -0.0203. The Labute approximate surface area is 103 Å². The summed E-state index contributed by atoms with van der Waals surface area (Å²) in [5.74, 6) is 0.163. The summed E-state index contributed by atoms with van der Waals surface area (Å²) in [6, 6.07) is 0. The van der Waals surface area contributed by atoms with Gasteiger partial charge in [-0.15, -0.1) is 11.8 Å².